The minimum absolute atomic E-state index is 0.0671. The van der Waals surface area contributed by atoms with Gasteiger partial charge in [0, 0.05) is 6.61 Å². The van der Waals surface area contributed by atoms with Crippen LogP contribution in [-0.2, 0) is 0 Å². The molecule has 8 heavy (non-hydrogen) atoms. The summed E-state index contributed by atoms with van der Waals surface area (Å²) in [5.41, 5.74) is 0. The van der Waals surface area contributed by atoms with Crippen LogP contribution in [0.1, 0.15) is 19.8 Å². The summed E-state index contributed by atoms with van der Waals surface area (Å²) in [5.74, 6) is 0. The molecule has 0 rings (SSSR count). The molecule has 0 spiro atoms. The minimum atomic E-state index is -0.412. The third-order valence-electron chi connectivity index (χ3n) is 0.933. The highest BCUT2D eigenvalue weighted by Gasteiger charge is 1.98. The predicted molar refractivity (Wildman–Crippen MR) is 32.3 cm³/mol. The molecule has 0 aliphatic heterocycles. The van der Waals surface area contributed by atoms with Crippen LogP contribution in [0, 0.1) is 6.42 Å². The maximum absolute atomic E-state index is 8.83. The minimum Gasteiger partial charge on any atom is -0.396 e. The van der Waals surface area contributed by atoms with Crippen molar-refractivity contribution in [2.24, 2.45) is 0 Å². The molecule has 0 heterocycles. The second-order valence-corrected chi connectivity index (χ2v) is 1.72. The molecule has 2 N–H and O–H groups in total. The molecule has 0 saturated heterocycles. The molecule has 0 aliphatic rings. The van der Waals surface area contributed by atoms with Crippen LogP contribution in [0.25, 0.3) is 0 Å². The quantitative estimate of drug-likeness (QED) is 0.557. The summed E-state index contributed by atoms with van der Waals surface area (Å²) < 4.78 is 0. The average molecular weight is 117 g/mol. The molecule has 2 heteroatoms. The molecule has 0 saturated carbocycles. The Balaban J connectivity index is 2.92. The Morgan fingerprint density at radius 3 is 2.62 bits per heavy atom. The van der Waals surface area contributed by atoms with Crippen LogP contribution in [0.4, 0.5) is 0 Å². The fraction of sp³-hybridized carbons (Fsp3) is 0.833. The molecule has 0 bridgehead atoms. The number of rotatable bonds is 4. The molecule has 1 radical (unpaired) electrons. The van der Waals surface area contributed by atoms with Gasteiger partial charge in [-0.05, 0) is 12.8 Å². The maximum atomic E-state index is 8.83. The van der Waals surface area contributed by atoms with Crippen molar-refractivity contribution < 1.29 is 10.2 Å². The molecule has 0 fully saturated rings. The van der Waals surface area contributed by atoms with E-state index in [0.29, 0.717) is 6.42 Å². The van der Waals surface area contributed by atoms with Crippen molar-refractivity contribution >= 4 is 0 Å². The monoisotopic (exact) mass is 117 g/mol. The van der Waals surface area contributed by atoms with E-state index < -0.39 is 6.10 Å². The zero-order valence-electron chi connectivity index (χ0n) is 5.17. The lowest BCUT2D eigenvalue weighted by atomic mass is 10.2. The lowest BCUT2D eigenvalue weighted by Crippen LogP contribution is -2.08. The van der Waals surface area contributed by atoms with Crippen molar-refractivity contribution in [3.8, 4) is 0 Å². The molecule has 0 aliphatic carbocycles. The lowest BCUT2D eigenvalue weighted by molar-refractivity contribution is 0.156. The third-order valence-corrected chi connectivity index (χ3v) is 0.933. The first kappa shape index (κ1) is 7.92. The third kappa shape index (κ3) is 4.09. The van der Waals surface area contributed by atoms with Crippen molar-refractivity contribution in [3.63, 3.8) is 0 Å². The first-order chi connectivity index (χ1) is 3.81. The van der Waals surface area contributed by atoms with Crippen molar-refractivity contribution in [2.75, 3.05) is 6.61 Å². The van der Waals surface area contributed by atoms with E-state index in [1.54, 1.807) is 6.42 Å². The molecule has 49 valence electrons. The highest BCUT2D eigenvalue weighted by Crippen LogP contribution is 1.97. The zero-order valence-corrected chi connectivity index (χ0v) is 5.17. The summed E-state index contributed by atoms with van der Waals surface area (Å²) in [7, 11) is 0. The van der Waals surface area contributed by atoms with Crippen LogP contribution in [-0.4, -0.2) is 22.9 Å². The number of aliphatic hydroxyl groups is 2. The van der Waals surface area contributed by atoms with Gasteiger partial charge in [0.25, 0.3) is 0 Å². The van der Waals surface area contributed by atoms with Crippen molar-refractivity contribution in [1.82, 2.24) is 0 Å². The van der Waals surface area contributed by atoms with E-state index in [1.807, 2.05) is 6.92 Å². The Kier molecular flexibility index (Phi) is 5.01. The van der Waals surface area contributed by atoms with Gasteiger partial charge >= 0.3 is 0 Å². The summed E-state index contributed by atoms with van der Waals surface area (Å²) in [4.78, 5) is 0. The molecular formula is C6H13O2. The Bertz CT molecular complexity index is 39.8. The molecular weight excluding hydrogens is 104 g/mol. The van der Waals surface area contributed by atoms with Gasteiger partial charge in [0.15, 0.2) is 0 Å². The SMILES string of the molecule is CC[CH]C(O)CCO. The topological polar surface area (TPSA) is 40.5 Å². The Morgan fingerprint density at radius 1 is 1.62 bits per heavy atom. The van der Waals surface area contributed by atoms with E-state index in [-0.39, 0.29) is 6.61 Å². The summed E-state index contributed by atoms with van der Waals surface area (Å²) in [6.45, 7) is 2.03. The summed E-state index contributed by atoms with van der Waals surface area (Å²) >= 11 is 0. The van der Waals surface area contributed by atoms with Crippen molar-refractivity contribution in [2.45, 2.75) is 25.9 Å². The summed E-state index contributed by atoms with van der Waals surface area (Å²) in [5, 5.41) is 17.1. The van der Waals surface area contributed by atoms with Crippen LogP contribution >= 0.6 is 0 Å². The maximum Gasteiger partial charge on any atom is 0.0593 e. The largest absolute Gasteiger partial charge is 0.396 e. The molecule has 1 atom stereocenters. The molecule has 0 aromatic carbocycles. The fourth-order valence-corrected chi connectivity index (χ4v) is 0.522. The lowest BCUT2D eigenvalue weighted by Gasteiger charge is -2.03. The van der Waals surface area contributed by atoms with E-state index in [2.05, 4.69) is 0 Å². The molecule has 0 aromatic heterocycles. The van der Waals surface area contributed by atoms with E-state index >= 15 is 0 Å². The van der Waals surface area contributed by atoms with E-state index in [1.165, 1.54) is 0 Å². The van der Waals surface area contributed by atoms with Crippen LogP contribution < -0.4 is 0 Å². The van der Waals surface area contributed by atoms with Crippen LogP contribution in [0.15, 0.2) is 0 Å². The second-order valence-electron chi connectivity index (χ2n) is 1.72. The van der Waals surface area contributed by atoms with Gasteiger partial charge in [-0.15, -0.1) is 0 Å². The highest BCUT2D eigenvalue weighted by molar-refractivity contribution is 4.72. The van der Waals surface area contributed by atoms with Crippen molar-refractivity contribution in [3.05, 3.63) is 6.42 Å². The van der Waals surface area contributed by atoms with Crippen LogP contribution in [0.3, 0.4) is 0 Å². The Hall–Kier alpha value is -0.0800. The van der Waals surface area contributed by atoms with Gasteiger partial charge < -0.3 is 10.2 Å². The van der Waals surface area contributed by atoms with Gasteiger partial charge in [0.05, 0.1) is 6.10 Å². The number of hydrogen-bond donors (Lipinski definition) is 2. The highest BCUT2D eigenvalue weighted by atomic mass is 16.3. The van der Waals surface area contributed by atoms with Gasteiger partial charge in [-0.3, -0.25) is 0 Å². The van der Waals surface area contributed by atoms with Gasteiger partial charge in [0.1, 0.15) is 0 Å². The van der Waals surface area contributed by atoms with Gasteiger partial charge in [-0.25, -0.2) is 0 Å². The van der Waals surface area contributed by atoms with E-state index in [4.69, 9.17) is 10.2 Å². The van der Waals surface area contributed by atoms with Crippen LogP contribution in [0.2, 0.25) is 0 Å². The fourth-order valence-electron chi connectivity index (χ4n) is 0.522. The molecule has 2 nitrogen and oxygen atoms in total. The van der Waals surface area contributed by atoms with Gasteiger partial charge in [-0.1, -0.05) is 13.3 Å². The van der Waals surface area contributed by atoms with Crippen molar-refractivity contribution in [1.29, 1.82) is 0 Å². The molecule has 0 aromatic rings. The van der Waals surface area contributed by atoms with Gasteiger partial charge in [-0.2, -0.15) is 0 Å². The Labute approximate surface area is 50.2 Å². The summed E-state index contributed by atoms with van der Waals surface area (Å²) in [6, 6.07) is 0. The first-order valence-corrected chi connectivity index (χ1v) is 2.93. The van der Waals surface area contributed by atoms with E-state index in [0.717, 1.165) is 6.42 Å². The standard InChI is InChI=1S/C6H13O2/c1-2-3-6(8)4-5-7/h3,6-8H,2,4-5H2,1H3. The first-order valence-electron chi connectivity index (χ1n) is 2.93. The summed E-state index contributed by atoms with van der Waals surface area (Å²) in [6.07, 6.45) is 2.69. The predicted octanol–water partition coefficient (Wildman–Crippen LogP) is 0.344. The zero-order chi connectivity index (χ0) is 6.41. The number of aliphatic hydroxyl groups excluding tert-OH is 2. The van der Waals surface area contributed by atoms with Crippen LogP contribution in [0.5, 0.6) is 0 Å². The average Bonchev–Trinajstić information content (AvgIpc) is 1.68. The van der Waals surface area contributed by atoms with E-state index in [9.17, 15) is 0 Å². The molecule has 1 unspecified atom stereocenters. The number of hydrogen-bond acceptors (Lipinski definition) is 2. The molecule has 0 amide bonds. The smallest absolute Gasteiger partial charge is 0.0593 e. The second kappa shape index (κ2) is 5.06. The Morgan fingerprint density at radius 2 is 2.25 bits per heavy atom. The van der Waals surface area contributed by atoms with Gasteiger partial charge in [0.2, 0.25) is 0 Å². The normalized spacial score (nSPS) is 13.9.